The number of carbonyl (C=O) groups excluding carboxylic acids is 3. The van der Waals surface area contributed by atoms with Gasteiger partial charge in [0.15, 0.2) is 0 Å². The Balaban J connectivity index is 1.99. The van der Waals surface area contributed by atoms with E-state index in [4.69, 9.17) is 27.8 Å². The molecule has 0 radical (unpaired) electrons. The van der Waals surface area contributed by atoms with Crippen molar-refractivity contribution >= 4 is 35.5 Å². The highest BCUT2D eigenvalue weighted by atomic mass is 35.5. The van der Waals surface area contributed by atoms with Gasteiger partial charge >= 0.3 is 18.0 Å². The topological polar surface area (TPSA) is 186 Å². The van der Waals surface area contributed by atoms with Crippen molar-refractivity contribution in [2.45, 2.75) is 76.2 Å². The van der Waals surface area contributed by atoms with Crippen LogP contribution in [0.25, 0.3) is 0 Å². The summed E-state index contributed by atoms with van der Waals surface area (Å²) < 4.78 is 5.28. The molecule has 41 heavy (non-hydrogen) atoms. The molecule has 3 amide bonds. The van der Waals surface area contributed by atoms with E-state index in [0.29, 0.717) is 30.8 Å². The molecule has 0 saturated carbocycles. The molecule has 11 nitrogen and oxygen atoms in total. The fourth-order valence-corrected chi connectivity index (χ4v) is 4.15. The standard InChI is InChI=1S/C29H40ClN5O6/c1-19(21-13-15-22(30)16-14-21)33-26(36)24(34-29(40)35-25(27(37)38)11-5-6-17-31)12-7-10-23(32)28(39)41-18-20-8-3-2-4-9-20/h2-4,8-9,13-16,19,23-25H,5-7,10-12,17-18,31-32H2,1H3,(H,33,36)(H,37,38)(H2,34,35,40)/t19-,23?,24+,25-/m0/s1. The molecule has 0 aliphatic carbocycles. The molecular weight excluding hydrogens is 550 g/mol. The number of rotatable bonds is 17. The number of carbonyl (C=O) groups is 4. The molecule has 0 heterocycles. The van der Waals surface area contributed by atoms with Crippen LogP contribution in [0.2, 0.25) is 5.02 Å². The Bertz CT molecular complexity index is 1120. The maximum atomic E-state index is 13.2. The summed E-state index contributed by atoms with van der Waals surface area (Å²) in [6, 6.07) is 11.9. The molecule has 8 N–H and O–H groups in total. The Labute approximate surface area is 245 Å². The molecule has 4 atom stereocenters. The van der Waals surface area contributed by atoms with Crippen molar-refractivity contribution < 1.29 is 29.0 Å². The van der Waals surface area contributed by atoms with E-state index >= 15 is 0 Å². The summed E-state index contributed by atoms with van der Waals surface area (Å²) in [5, 5.41) is 17.9. The van der Waals surface area contributed by atoms with Gasteiger partial charge in [-0.05, 0) is 75.3 Å². The molecule has 12 heteroatoms. The highest BCUT2D eigenvalue weighted by molar-refractivity contribution is 6.30. The number of ether oxygens (including phenoxy) is 1. The second-order valence-electron chi connectivity index (χ2n) is 9.76. The van der Waals surface area contributed by atoms with Gasteiger partial charge in [-0.3, -0.25) is 9.59 Å². The molecule has 0 aliphatic heterocycles. The number of hydrogen-bond acceptors (Lipinski definition) is 7. The molecule has 0 fully saturated rings. The Hall–Kier alpha value is -3.67. The Morgan fingerprint density at radius 3 is 2.15 bits per heavy atom. The molecule has 2 aromatic rings. The number of carboxylic acids is 1. The predicted octanol–water partition coefficient (Wildman–Crippen LogP) is 3.01. The van der Waals surface area contributed by atoms with Crippen LogP contribution < -0.4 is 27.4 Å². The zero-order valence-corrected chi connectivity index (χ0v) is 23.9. The fraction of sp³-hybridized carbons (Fsp3) is 0.448. The van der Waals surface area contributed by atoms with E-state index in [2.05, 4.69) is 16.0 Å². The average Bonchev–Trinajstić information content (AvgIpc) is 2.95. The number of carboxylic acid groups (broad SMARTS) is 1. The fourth-order valence-electron chi connectivity index (χ4n) is 4.02. The SMILES string of the molecule is C[C@H](NC(=O)[C@@H](CCCC(N)C(=O)OCc1ccccc1)NC(=O)N[C@@H](CCCCN)C(=O)O)c1ccc(Cl)cc1. The van der Waals surface area contributed by atoms with Crippen LogP contribution in [0.4, 0.5) is 4.79 Å². The predicted molar refractivity (Wildman–Crippen MR) is 156 cm³/mol. The number of nitrogens with one attached hydrogen (secondary N) is 3. The van der Waals surface area contributed by atoms with Crippen molar-refractivity contribution in [3.63, 3.8) is 0 Å². The van der Waals surface area contributed by atoms with E-state index in [0.717, 1.165) is 11.1 Å². The molecule has 0 aliphatic rings. The number of hydrogen-bond donors (Lipinski definition) is 6. The molecule has 2 aromatic carbocycles. The lowest BCUT2D eigenvalue weighted by molar-refractivity contribution is -0.146. The minimum Gasteiger partial charge on any atom is -0.480 e. The van der Waals surface area contributed by atoms with Crippen molar-refractivity contribution in [2.75, 3.05) is 6.54 Å². The number of halogens is 1. The minimum absolute atomic E-state index is 0.0960. The summed E-state index contributed by atoms with van der Waals surface area (Å²) in [5.74, 6) is -2.23. The highest BCUT2D eigenvalue weighted by Crippen LogP contribution is 2.17. The van der Waals surface area contributed by atoms with Crippen molar-refractivity contribution in [1.29, 1.82) is 0 Å². The van der Waals surface area contributed by atoms with Gasteiger partial charge in [-0.15, -0.1) is 0 Å². The van der Waals surface area contributed by atoms with Crippen LogP contribution in [0.5, 0.6) is 0 Å². The summed E-state index contributed by atoms with van der Waals surface area (Å²) in [7, 11) is 0. The lowest BCUT2D eigenvalue weighted by Gasteiger charge is -2.23. The monoisotopic (exact) mass is 589 g/mol. The van der Waals surface area contributed by atoms with Gasteiger partial charge in [0.1, 0.15) is 24.7 Å². The normalized spacial score (nSPS) is 13.8. The molecule has 224 valence electrons. The van der Waals surface area contributed by atoms with E-state index in [1.807, 2.05) is 30.3 Å². The van der Waals surface area contributed by atoms with Crippen molar-refractivity contribution in [2.24, 2.45) is 11.5 Å². The van der Waals surface area contributed by atoms with E-state index in [-0.39, 0.29) is 25.9 Å². The zero-order valence-electron chi connectivity index (χ0n) is 23.2. The van der Waals surface area contributed by atoms with Gasteiger partial charge in [0.05, 0.1) is 6.04 Å². The molecular formula is C29H40ClN5O6. The molecule has 1 unspecified atom stereocenters. The van der Waals surface area contributed by atoms with Crippen LogP contribution in [0.3, 0.4) is 0 Å². The number of benzene rings is 2. The Kier molecular flexibility index (Phi) is 14.6. The molecule has 0 bridgehead atoms. The van der Waals surface area contributed by atoms with Gasteiger partial charge < -0.3 is 37.3 Å². The Morgan fingerprint density at radius 1 is 0.878 bits per heavy atom. The van der Waals surface area contributed by atoms with E-state index in [1.165, 1.54) is 0 Å². The van der Waals surface area contributed by atoms with Crippen LogP contribution in [-0.4, -0.2) is 53.7 Å². The molecule has 2 rings (SSSR count). The van der Waals surface area contributed by atoms with Gasteiger partial charge in [-0.2, -0.15) is 0 Å². The third-order valence-corrected chi connectivity index (χ3v) is 6.69. The number of esters is 1. The first-order valence-corrected chi connectivity index (χ1v) is 14.0. The maximum Gasteiger partial charge on any atom is 0.326 e. The summed E-state index contributed by atoms with van der Waals surface area (Å²) in [6.45, 7) is 2.29. The van der Waals surface area contributed by atoms with Crippen LogP contribution in [0, 0.1) is 0 Å². The third kappa shape index (κ3) is 12.6. The van der Waals surface area contributed by atoms with E-state index in [9.17, 15) is 24.3 Å². The van der Waals surface area contributed by atoms with Gasteiger partial charge in [0.2, 0.25) is 5.91 Å². The maximum absolute atomic E-state index is 13.2. The van der Waals surface area contributed by atoms with Crippen LogP contribution in [0.15, 0.2) is 54.6 Å². The van der Waals surface area contributed by atoms with Crippen molar-refractivity contribution in [3.8, 4) is 0 Å². The quantitative estimate of drug-likeness (QED) is 0.120. The molecule has 0 spiro atoms. The second-order valence-corrected chi connectivity index (χ2v) is 10.2. The van der Waals surface area contributed by atoms with Gasteiger partial charge in [0.25, 0.3) is 0 Å². The summed E-state index contributed by atoms with van der Waals surface area (Å²) >= 11 is 5.96. The van der Waals surface area contributed by atoms with Crippen molar-refractivity contribution in [3.05, 3.63) is 70.7 Å². The number of amides is 3. The van der Waals surface area contributed by atoms with Crippen LogP contribution in [-0.2, 0) is 25.7 Å². The lowest BCUT2D eigenvalue weighted by atomic mass is 10.0. The summed E-state index contributed by atoms with van der Waals surface area (Å²) in [6.07, 6.45) is 2.02. The first-order valence-electron chi connectivity index (χ1n) is 13.6. The third-order valence-electron chi connectivity index (χ3n) is 6.44. The summed E-state index contributed by atoms with van der Waals surface area (Å²) in [4.78, 5) is 49.9. The number of aliphatic carboxylic acids is 1. The largest absolute Gasteiger partial charge is 0.480 e. The lowest BCUT2D eigenvalue weighted by Crippen LogP contribution is -2.53. The molecule has 0 saturated heterocycles. The van der Waals surface area contributed by atoms with Crippen molar-refractivity contribution in [1.82, 2.24) is 16.0 Å². The zero-order chi connectivity index (χ0) is 30.2. The van der Waals surface area contributed by atoms with Crippen LogP contribution in [0.1, 0.15) is 62.6 Å². The summed E-state index contributed by atoms with van der Waals surface area (Å²) in [5.41, 5.74) is 13.1. The number of urea groups is 1. The van der Waals surface area contributed by atoms with Gasteiger partial charge in [0, 0.05) is 5.02 Å². The highest BCUT2D eigenvalue weighted by Gasteiger charge is 2.26. The minimum atomic E-state index is -1.19. The average molecular weight is 590 g/mol. The van der Waals surface area contributed by atoms with E-state index < -0.39 is 48.0 Å². The first kappa shape index (κ1) is 33.5. The smallest absolute Gasteiger partial charge is 0.326 e. The van der Waals surface area contributed by atoms with Gasteiger partial charge in [-0.25, -0.2) is 9.59 Å². The van der Waals surface area contributed by atoms with Crippen LogP contribution >= 0.6 is 11.6 Å². The Morgan fingerprint density at radius 2 is 1.51 bits per heavy atom. The number of nitrogens with two attached hydrogens (primary N) is 2. The van der Waals surface area contributed by atoms with Gasteiger partial charge in [-0.1, -0.05) is 54.1 Å². The molecule has 0 aromatic heterocycles. The first-order chi connectivity index (χ1) is 19.6. The van der Waals surface area contributed by atoms with E-state index in [1.54, 1.807) is 31.2 Å². The second kappa shape index (κ2) is 17.9. The number of unbranched alkanes of at least 4 members (excludes halogenated alkanes) is 1.